The Bertz CT molecular complexity index is 512. The van der Waals surface area contributed by atoms with Crippen LogP contribution in [0.2, 0.25) is 0 Å². The monoisotopic (exact) mass is 255 g/mol. The minimum atomic E-state index is 0.563. The molecule has 1 aromatic carbocycles. The average molecular weight is 255 g/mol. The van der Waals surface area contributed by atoms with Crippen molar-refractivity contribution in [1.29, 1.82) is 0 Å². The van der Waals surface area contributed by atoms with Crippen molar-refractivity contribution >= 4 is 0 Å². The highest BCUT2D eigenvalue weighted by atomic mass is 14.9. The first-order valence-corrected chi connectivity index (χ1v) is 7.62. The van der Waals surface area contributed by atoms with E-state index in [1.54, 1.807) is 16.7 Å². The highest BCUT2D eigenvalue weighted by molar-refractivity contribution is 5.41. The number of allylic oxidation sites excluding steroid dienone is 2. The molecule has 19 heavy (non-hydrogen) atoms. The molecule has 1 nitrogen and oxygen atoms in total. The molecule has 102 valence electrons. The molecule has 3 rings (SSSR count). The molecule has 0 radical (unpaired) electrons. The molecule has 2 aliphatic rings. The van der Waals surface area contributed by atoms with E-state index in [1.807, 2.05) is 0 Å². The van der Waals surface area contributed by atoms with Crippen molar-refractivity contribution in [2.75, 3.05) is 0 Å². The Kier molecular flexibility index (Phi) is 3.16. The zero-order valence-corrected chi connectivity index (χ0v) is 12.5. The van der Waals surface area contributed by atoms with Crippen molar-refractivity contribution in [1.82, 2.24) is 5.32 Å². The Morgan fingerprint density at radius 2 is 1.79 bits per heavy atom. The molecule has 0 aliphatic heterocycles. The van der Waals surface area contributed by atoms with E-state index < -0.39 is 0 Å². The SMILES string of the molecule is CC1=C(NC(C)C2Cc3ccccc32)CC1C(C)C. The second-order valence-corrected chi connectivity index (χ2v) is 6.66. The fourth-order valence-electron chi connectivity index (χ4n) is 3.65. The van der Waals surface area contributed by atoms with Crippen molar-refractivity contribution in [2.24, 2.45) is 11.8 Å². The van der Waals surface area contributed by atoms with Gasteiger partial charge in [0.25, 0.3) is 0 Å². The summed E-state index contributed by atoms with van der Waals surface area (Å²) in [7, 11) is 0. The van der Waals surface area contributed by atoms with E-state index in [4.69, 9.17) is 0 Å². The summed E-state index contributed by atoms with van der Waals surface area (Å²) in [5.74, 6) is 2.29. The second kappa shape index (κ2) is 4.70. The normalized spacial score (nSPS) is 26.6. The topological polar surface area (TPSA) is 12.0 Å². The van der Waals surface area contributed by atoms with Gasteiger partial charge in [0.2, 0.25) is 0 Å². The van der Waals surface area contributed by atoms with Crippen LogP contribution in [0.3, 0.4) is 0 Å². The molecule has 2 aliphatic carbocycles. The second-order valence-electron chi connectivity index (χ2n) is 6.66. The smallest absolute Gasteiger partial charge is 0.0301 e. The first kappa shape index (κ1) is 12.8. The first-order valence-electron chi connectivity index (χ1n) is 7.62. The molecule has 0 saturated carbocycles. The maximum atomic E-state index is 3.77. The molecular formula is C18H25N. The molecule has 0 saturated heterocycles. The van der Waals surface area contributed by atoms with Gasteiger partial charge in [-0.3, -0.25) is 0 Å². The third-order valence-electron chi connectivity index (χ3n) is 5.16. The van der Waals surface area contributed by atoms with E-state index in [9.17, 15) is 0 Å². The predicted molar refractivity (Wildman–Crippen MR) is 81.1 cm³/mol. The minimum Gasteiger partial charge on any atom is -0.385 e. The zero-order chi connectivity index (χ0) is 13.6. The lowest BCUT2D eigenvalue weighted by molar-refractivity contribution is 0.351. The molecule has 0 spiro atoms. The molecular weight excluding hydrogens is 230 g/mol. The summed E-state index contributed by atoms with van der Waals surface area (Å²) in [4.78, 5) is 0. The third kappa shape index (κ3) is 2.09. The molecule has 0 heterocycles. The number of hydrogen-bond donors (Lipinski definition) is 1. The molecule has 1 N–H and O–H groups in total. The maximum Gasteiger partial charge on any atom is 0.0301 e. The van der Waals surface area contributed by atoms with Gasteiger partial charge >= 0.3 is 0 Å². The lowest BCUT2D eigenvalue weighted by Crippen LogP contribution is -2.41. The van der Waals surface area contributed by atoms with Crippen LogP contribution in [0.15, 0.2) is 35.5 Å². The molecule has 0 bridgehead atoms. The number of nitrogens with one attached hydrogen (secondary N) is 1. The van der Waals surface area contributed by atoms with E-state index >= 15 is 0 Å². The number of benzene rings is 1. The highest BCUT2D eigenvalue weighted by Crippen LogP contribution is 2.41. The summed E-state index contributed by atoms with van der Waals surface area (Å²) in [6, 6.07) is 9.44. The number of hydrogen-bond acceptors (Lipinski definition) is 1. The van der Waals surface area contributed by atoms with E-state index in [0.29, 0.717) is 12.0 Å². The fraction of sp³-hybridized carbons (Fsp3) is 0.556. The molecule has 0 aromatic heterocycles. The first-order chi connectivity index (χ1) is 9.08. The van der Waals surface area contributed by atoms with Crippen LogP contribution in [0.1, 0.15) is 51.2 Å². The van der Waals surface area contributed by atoms with Crippen LogP contribution < -0.4 is 5.32 Å². The molecule has 0 amide bonds. The van der Waals surface area contributed by atoms with E-state index in [0.717, 1.165) is 11.8 Å². The van der Waals surface area contributed by atoms with Gasteiger partial charge in [-0.05, 0) is 49.7 Å². The highest BCUT2D eigenvalue weighted by Gasteiger charge is 2.34. The van der Waals surface area contributed by atoms with Gasteiger partial charge in [-0.2, -0.15) is 0 Å². The van der Waals surface area contributed by atoms with Gasteiger partial charge in [0.05, 0.1) is 0 Å². The van der Waals surface area contributed by atoms with Gasteiger partial charge in [0, 0.05) is 17.7 Å². The van der Waals surface area contributed by atoms with Gasteiger partial charge in [0.1, 0.15) is 0 Å². The Labute approximate surface area is 117 Å². The van der Waals surface area contributed by atoms with Crippen LogP contribution in [0, 0.1) is 11.8 Å². The Balaban J connectivity index is 1.64. The maximum absolute atomic E-state index is 3.77. The van der Waals surface area contributed by atoms with Crippen LogP contribution in [-0.2, 0) is 6.42 Å². The third-order valence-corrected chi connectivity index (χ3v) is 5.16. The van der Waals surface area contributed by atoms with E-state index in [-0.39, 0.29) is 0 Å². The summed E-state index contributed by atoms with van der Waals surface area (Å²) in [5, 5.41) is 3.77. The van der Waals surface area contributed by atoms with E-state index in [1.165, 1.54) is 18.5 Å². The van der Waals surface area contributed by atoms with Gasteiger partial charge in [0.15, 0.2) is 0 Å². The van der Waals surface area contributed by atoms with Crippen molar-refractivity contribution in [3.8, 4) is 0 Å². The van der Waals surface area contributed by atoms with Crippen LogP contribution in [0.25, 0.3) is 0 Å². The van der Waals surface area contributed by atoms with Crippen LogP contribution in [0.5, 0.6) is 0 Å². The minimum absolute atomic E-state index is 0.563. The Morgan fingerprint density at radius 1 is 1.05 bits per heavy atom. The molecule has 0 fully saturated rings. The van der Waals surface area contributed by atoms with Crippen molar-refractivity contribution < 1.29 is 0 Å². The van der Waals surface area contributed by atoms with E-state index in [2.05, 4.69) is 57.3 Å². The fourth-order valence-corrected chi connectivity index (χ4v) is 3.65. The summed E-state index contributed by atoms with van der Waals surface area (Å²) in [5.41, 5.74) is 6.20. The summed E-state index contributed by atoms with van der Waals surface area (Å²) < 4.78 is 0. The lowest BCUT2D eigenvalue weighted by atomic mass is 9.72. The van der Waals surface area contributed by atoms with Crippen LogP contribution in [-0.4, -0.2) is 6.04 Å². The molecule has 3 unspecified atom stereocenters. The standard InChI is InChI=1S/C18H25N/c1-11(2)16-10-18(12(16)3)19-13(4)17-9-14-7-5-6-8-15(14)17/h5-8,11,13,16-17,19H,9-10H2,1-4H3. The number of rotatable bonds is 4. The Hall–Kier alpha value is -1.24. The Morgan fingerprint density at radius 3 is 2.42 bits per heavy atom. The quantitative estimate of drug-likeness (QED) is 0.848. The van der Waals surface area contributed by atoms with Crippen molar-refractivity contribution in [2.45, 2.75) is 52.5 Å². The van der Waals surface area contributed by atoms with Gasteiger partial charge in [-0.15, -0.1) is 0 Å². The molecule has 3 atom stereocenters. The number of fused-ring (bicyclic) bond motifs is 1. The van der Waals surface area contributed by atoms with Crippen LogP contribution in [0.4, 0.5) is 0 Å². The summed E-state index contributed by atoms with van der Waals surface area (Å²) in [6.07, 6.45) is 2.49. The molecule has 1 aromatic rings. The average Bonchev–Trinajstić information content (AvgIpc) is 2.34. The molecule has 1 heteroatoms. The van der Waals surface area contributed by atoms with Crippen molar-refractivity contribution in [3.63, 3.8) is 0 Å². The van der Waals surface area contributed by atoms with Gasteiger partial charge in [-0.25, -0.2) is 0 Å². The lowest BCUT2D eigenvalue weighted by Gasteiger charge is -2.41. The van der Waals surface area contributed by atoms with Crippen molar-refractivity contribution in [3.05, 3.63) is 46.7 Å². The van der Waals surface area contributed by atoms with Crippen LogP contribution >= 0.6 is 0 Å². The van der Waals surface area contributed by atoms with Gasteiger partial charge < -0.3 is 5.32 Å². The van der Waals surface area contributed by atoms with Gasteiger partial charge in [-0.1, -0.05) is 43.7 Å². The largest absolute Gasteiger partial charge is 0.385 e. The predicted octanol–water partition coefficient (Wildman–Crippen LogP) is 4.25. The summed E-state index contributed by atoms with van der Waals surface area (Å²) >= 11 is 0. The zero-order valence-electron chi connectivity index (χ0n) is 12.5. The summed E-state index contributed by atoms with van der Waals surface area (Å²) in [6.45, 7) is 9.30.